The van der Waals surface area contributed by atoms with Crippen LogP contribution in [0.3, 0.4) is 0 Å². The lowest BCUT2D eigenvalue weighted by Crippen LogP contribution is -2.07. The van der Waals surface area contributed by atoms with E-state index < -0.39 is 12.2 Å². The van der Waals surface area contributed by atoms with Crippen molar-refractivity contribution < 1.29 is 13.6 Å². The number of carbonyl (C=O) groups excluding carboxylic acids is 1. The Kier molecular flexibility index (Phi) is 2.73. The van der Waals surface area contributed by atoms with Crippen LogP contribution in [0.25, 0.3) is 0 Å². The average molecular weight is 201 g/mol. The van der Waals surface area contributed by atoms with Gasteiger partial charge in [-0.15, -0.1) is 11.3 Å². The van der Waals surface area contributed by atoms with Crippen LogP contribution in [0.4, 0.5) is 8.78 Å². The van der Waals surface area contributed by atoms with Crippen molar-refractivity contribution >= 4 is 17.1 Å². The fraction of sp³-hybridized carbons (Fsp3) is 0.250. The highest BCUT2D eigenvalue weighted by atomic mass is 32.1. The van der Waals surface area contributed by atoms with Gasteiger partial charge in [-0.25, -0.2) is 8.78 Å². The molecule has 0 aliphatic carbocycles. The molecule has 1 heterocycles. The van der Waals surface area contributed by atoms with Crippen molar-refractivity contribution in [3.05, 3.63) is 21.4 Å². The molecular formula is C8H5F2NOS. The molecule has 13 heavy (non-hydrogen) atoms. The number of aryl methyl sites for hydroxylation is 1. The first-order chi connectivity index (χ1) is 6.06. The number of carbonyl (C=O) groups is 1. The van der Waals surface area contributed by atoms with Crippen LogP contribution in [0.5, 0.6) is 0 Å². The largest absolute Gasteiger partial charge is 0.301 e. The quantitative estimate of drug-likeness (QED) is 0.689. The van der Waals surface area contributed by atoms with Crippen molar-refractivity contribution in [3.8, 4) is 6.07 Å². The summed E-state index contributed by atoms with van der Waals surface area (Å²) < 4.78 is 23.9. The molecular weight excluding hydrogens is 196 g/mol. The zero-order valence-electron chi connectivity index (χ0n) is 6.67. The van der Waals surface area contributed by atoms with E-state index in [-0.39, 0.29) is 4.88 Å². The molecule has 0 saturated carbocycles. The van der Waals surface area contributed by atoms with Gasteiger partial charge in [0.05, 0.1) is 4.88 Å². The molecule has 5 heteroatoms. The minimum atomic E-state index is -3.00. The third-order valence-electron chi connectivity index (χ3n) is 1.46. The van der Waals surface area contributed by atoms with Gasteiger partial charge in [0.2, 0.25) is 5.78 Å². The number of Topliss-reactive ketones (excluding diaryl/α,β-unsaturated/α-hetero) is 1. The summed E-state index contributed by atoms with van der Waals surface area (Å²) in [6, 6.07) is 3.15. The molecule has 0 fully saturated rings. The summed E-state index contributed by atoms with van der Waals surface area (Å²) in [5, 5.41) is 8.51. The van der Waals surface area contributed by atoms with E-state index in [9.17, 15) is 13.6 Å². The molecule has 2 nitrogen and oxygen atoms in total. The van der Waals surface area contributed by atoms with Crippen LogP contribution >= 0.6 is 11.3 Å². The van der Waals surface area contributed by atoms with Crippen molar-refractivity contribution in [2.75, 3.05) is 0 Å². The lowest BCUT2D eigenvalue weighted by atomic mass is 10.2. The van der Waals surface area contributed by atoms with Crippen molar-refractivity contribution in [2.24, 2.45) is 0 Å². The Morgan fingerprint density at radius 2 is 2.31 bits per heavy atom. The van der Waals surface area contributed by atoms with Crippen LogP contribution < -0.4 is 0 Å². The van der Waals surface area contributed by atoms with E-state index in [2.05, 4.69) is 0 Å². The predicted octanol–water partition coefficient (Wildman–Crippen LogP) is 2.38. The van der Waals surface area contributed by atoms with E-state index >= 15 is 0 Å². The molecule has 0 bridgehead atoms. The summed E-state index contributed by atoms with van der Waals surface area (Å²) >= 11 is 0.805. The molecule has 0 N–H and O–H groups in total. The maximum absolute atomic E-state index is 11.9. The van der Waals surface area contributed by atoms with Crippen LogP contribution in [-0.4, -0.2) is 12.2 Å². The molecule has 0 saturated heterocycles. The van der Waals surface area contributed by atoms with Gasteiger partial charge in [0.1, 0.15) is 10.9 Å². The van der Waals surface area contributed by atoms with Gasteiger partial charge in [0.25, 0.3) is 0 Å². The summed E-state index contributed by atoms with van der Waals surface area (Å²) in [6.45, 7) is 1.61. The Morgan fingerprint density at radius 1 is 1.69 bits per heavy atom. The van der Waals surface area contributed by atoms with Crippen molar-refractivity contribution in [1.29, 1.82) is 5.26 Å². The summed E-state index contributed by atoms with van der Waals surface area (Å²) in [5.41, 5.74) is 0.566. The van der Waals surface area contributed by atoms with Gasteiger partial charge in [-0.05, 0) is 18.6 Å². The zero-order valence-corrected chi connectivity index (χ0v) is 7.49. The normalized spacial score (nSPS) is 10.1. The van der Waals surface area contributed by atoms with Gasteiger partial charge in [-0.1, -0.05) is 0 Å². The Morgan fingerprint density at radius 3 is 2.69 bits per heavy atom. The summed E-state index contributed by atoms with van der Waals surface area (Å²) in [5.74, 6) is -1.21. The minimum Gasteiger partial charge on any atom is -0.287 e. The SMILES string of the molecule is Cc1cc(C(=O)C(F)F)sc1C#N. The second-order valence-electron chi connectivity index (χ2n) is 2.40. The molecule has 0 aliphatic rings. The van der Waals surface area contributed by atoms with Crippen LogP contribution in [0.15, 0.2) is 6.07 Å². The van der Waals surface area contributed by atoms with Gasteiger partial charge in [-0.2, -0.15) is 5.26 Å². The van der Waals surface area contributed by atoms with Gasteiger partial charge < -0.3 is 0 Å². The second kappa shape index (κ2) is 3.62. The van der Waals surface area contributed by atoms with Crippen molar-refractivity contribution in [2.45, 2.75) is 13.3 Å². The lowest BCUT2D eigenvalue weighted by molar-refractivity contribution is 0.0683. The molecule has 1 aromatic rings. The van der Waals surface area contributed by atoms with E-state index in [1.54, 1.807) is 6.92 Å². The summed E-state index contributed by atoms with van der Waals surface area (Å²) in [4.78, 5) is 11.0. The monoisotopic (exact) mass is 201 g/mol. The number of nitrogens with zero attached hydrogens (tertiary/aromatic N) is 1. The number of nitriles is 1. The highest BCUT2D eigenvalue weighted by Gasteiger charge is 2.20. The maximum Gasteiger partial charge on any atom is 0.301 e. The smallest absolute Gasteiger partial charge is 0.287 e. The fourth-order valence-corrected chi connectivity index (χ4v) is 1.73. The third kappa shape index (κ3) is 1.90. The molecule has 0 amide bonds. The molecule has 0 aromatic carbocycles. The van der Waals surface area contributed by atoms with E-state index in [1.165, 1.54) is 6.07 Å². The van der Waals surface area contributed by atoms with Crippen LogP contribution in [0.2, 0.25) is 0 Å². The number of hydrogen-bond donors (Lipinski definition) is 0. The topological polar surface area (TPSA) is 40.9 Å². The first-order valence-electron chi connectivity index (χ1n) is 3.39. The van der Waals surface area contributed by atoms with E-state index in [4.69, 9.17) is 5.26 Å². The first-order valence-corrected chi connectivity index (χ1v) is 4.20. The number of hydrogen-bond acceptors (Lipinski definition) is 3. The van der Waals surface area contributed by atoms with E-state index in [0.717, 1.165) is 11.3 Å². The molecule has 0 radical (unpaired) electrons. The molecule has 1 rings (SSSR count). The molecule has 0 aliphatic heterocycles. The van der Waals surface area contributed by atoms with Gasteiger partial charge in [-0.3, -0.25) is 4.79 Å². The summed E-state index contributed by atoms with van der Waals surface area (Å²) in [7, 11) is 0. The predicted molar refractivity (Wildman–Crippen MR) is 44.1 cm³/mol. The third-order valence-corrected chi connectivity index (χ3v) is 2.62. The molecule has 1 aromatic heterocycles. The Bertz CT molecular complexity index is 378. The first kappa shape index (κ1) is 9.81. The zero-order chi connectivity index (χ0) is 10.0. The second-order valence-corrected chi connectivity index (χ2v) is 3.45. The van der Waals surface area contributed by atoms with Gasteiger partial charge in [0.15, 0.2) is 0 Å². The number of thiophene rings is 1. The standard InChI is InChI=1S/C8H5F2NOS/c1-4-2-5(7(12)8(9)10)13-6(4)3-11/h2,8H,1H3. The van der Waals surface area contributed by atoms with Gasteiger partial charge >= 0.3 is 6.43 Å². The minimum absolute atomic E-state index is 0.0518. The number of halogens is 2. The van der Waals surface area contributed by atoms with Crippen LogP contribution in [0, 0.1) is 18.3 Å². The maximum atomic E-state index is 11.9. The van der Waals surface area contributed by atoms with E-state index in [0.29, 0.717) is 10.4 Å². The molecule has 68 valence electrons. The average Bonchev–Trinajstić information content (AvgIpc) is 2.45. The van der Waals surface area contributed by atoms with Crippen molar-refractivity contribution in [1.82, 2.24) is 0 Å². The number of alkyl halides is 2. The molecule has 0 spiro atoms. The van der Waals surface area contributed by atoms with Crippen molar-refractivity contribution in [3.63, 3.8) is 0 Å². The summed E-state index contributed by atoms with van der Waals surface area (Å²) in [6.07, 6.45) is -3.00. The lowest BCUT2D eigenvalue weighted by Gasteiger charge is -1.91. The Balaban J connectivity index is 3.06. The number of ketones is 1. The number of rotatable bonds is 2. The van der Waals surface area contributed by atoms with Crippen LogP contribution in [-0.2, 0) is 0 Å². The Hall–Kier alpha value is -1.28. The van der Waals surface area contributed by atoms with Crippen LogP contribution in [0.1, 0.15) is 20.1 Å². The fourth-order valence-electron chi connectivity index (χ4n) is 0.822. The molecule has 0 atom stereocenters. The molecule has 0 unspecified atom stereocenters. The highest BCUT2D eigenvalue weighted by molar-refractivity contribution is 7.14. The Labute approximate surface area is 77.4 Å². The highest BCUT2D eigenvalue weighted by Crippen LogP contribution is 2.22. The van der Waals surface area contributed by atoms with E-state index in [1.807, 2.05) is 6.07 Å². The van der Waals surface area contributed by atoms with Gasteiger partial charge in [0, 0.05) is 0 Å².